The summed E-state index contributed by atoms with van der Waals surface area (Å²) in [7, 11) is 0. The van der Waals surface area contributed by atoms with Crippen LogP contribution in [-0.2, 0) is 12.6 Å². The largest absolute Gasteiger partial charge is 0.418 e. The molecule has 1 aromatic heterocycles. The summed E-state index contributed by atoms with van der Waals surface area (Å²) in [4.78, 5) is 7.70. The predicted molar refractivity (Wildman–Crippen MR) is 53.9 cm³/mol. The van der Waals surface area contributed by atoms with Crippen molar-refractivity contribution in [3.8, 4) is 0 Å². The molecule has 0 saturated carbocycles. The average Bonchev–Trinajstić information content (AvgIpc) is 2.26. The highest BCUT2D eigenvalue weighted by Gasteiger charge is 2.33. The fourth-order valence-corrected chi connectivity index (χ4v) is 1.65. The van der Waals surface area contributed by atoms with Crippen molar-refractivity contribution in [2.75, 3.05) is 0 Å². The molecule has 16 heavy (non-hydrogen) atoms. The van der Waals surface area contributed by atoms with Crippen molar-refractivity contribution in [1.82, 2.24) is 9.97 Å². The first-order valence-electron chi connectivity index (χ1n) is 4.84. The first-order chi connectivity index (χ1) is 7.54. The molecule has 2 nitrogen and oxygen atoms in total. The van der Waals surface area contributed by atoms with Crippen LogP contribution in [0.3, 0.4) is 0 Å². The van der Waals surface area contributed by atoms with Gasteiger partial charge in [0, 0.05) is 5.39 Å². The van der Waals surface area contributed by atoms with E-state index in [1.165, 1.54) is 12.4 Å². The number of aryl methyl sites for hydroxylation is 1. The van der Waals surface area contributed by atoms with Gasteiger partial charge in [-0.05, 0) is 12.5 Å². The third kappa shape index (κ3) is 1.73. The van der Waals surface area contributed by atoms with Crippen molar-refractivity contribution in [1.29, 1.82) is 0 Å². The number of nitrogens with zero attached hydrogens (tertiary/aromatic N) is 2. The van der Waals surface area contributed by atoms with E-state index in [1.807, 2.05) is 6.92 Å². The van der Waals surface area contributed by atoms with Crippen LogP contribution in [0.2, 0.25) is 0 Å². The first-order valence-corrected chi connectivity index (χ1v) is 4.84. The summed E-state index contributed by atoms with van der Waals surface area (Å²) in [6.07, 6.45) is -2.62. The minimum absolute atomic E-state index is 0.0261. The number of aromatic nitrogens is 2. The highest BCUT2D eigenvalue weighted by Crippen LogP contribution is 2.34. The van der Waals surface area contributed by atoms with E-state index in [-0.39, 0.29) is 5.52 Å². The topological polar surface area (TPSA) is 25.8 Å². The Morgan fingerprint density at radius 2 is 1.94 bits per heavy atom. The molecule has 2 aromatic rings. The van der Waals surface area contributed by atoms with E-state index in [9.17, 15) is 13.2 Å². The van der Waals surface area contributed by atoms with E-state index in [1.54, 1.807) is 6.07 Å². The molecule has 5 heteroatoms. The minimum Gasteiger partial charge on any atom is -0.241 e. The Bertz CT molecular complexity index is 520. The van der Waals surface area contributed by atoms with Gasteiger partial charge in [-0.1, -0.05) is 19.1 Å². The van der Waals surface area contributed by atoms with Crippen molar-refractivity contribution in [3.05, 3.63) is 35.8 Å². The Kier molecular flexibility index (Phi) is 2.53. The Morgan fingerprint density at radius 3 is 2.56 bits per heavy atom. The normalized spacial score (nSPS) is 12.0. The van der Waals surface area contributed by atoms with Crippen LogP contribution in [0.5, 0.6) is 0 Å². The van der Waals surface area contributed by atoms with Gasteiger partial charge in [-0.25, -0.2) is 9.97 Å². The van der Waals surface area contributed by atoms with E-state index in [2.05, 4.69) is 9.97 Å². The molecule has 0 saturated heterocycles. The van der Waals surface area contributed by atoms with E-state index < -0.39 is 11.7 Å². The molecule has 0 atom stereocenters. The molecule has 1 aromatic carbocycles. The highest BCUT2D eigenvalue weighted by molar-refractivity contribution is 5.84. The maximum absolute atomic E-state index is 12.7. The molecule has 84 valence electrons. The molecule has 0 amide bonds. The first kappa shape index (κ1) is 10.9. The number of hydrogen-bond acceptors (Lipinski definition) is 2. The smallest absolute Gasteiger partial charge is 0.241 e. The molecule has 0 spiro atoms. The average molecular weight is 226 g/mol. The molecule has 0 fully saturated rings. The molecule has 1 heterocycles. The standard InChI is InChI=1S/C11H9F3N2/c1-2-9-7-4-3-5-8(11(12,13)14)10(7)16-6-15-9/h3-6H,2H2,1H3. The van der Waals surface area contributed by atoms with Crippen molar-refractivity contribution in [2.45, 2.75) is 19.5 Å². The van der Waals surface area contributed by atoms with Gasteiger partial charge in [-0.2, -0.15) is 13.2 Å². The molecular weight excluding hydrogens is 217 g/mol. The highest BCUT2D eigenvalue weighted by atomic mass is 19.4. The zero-order chi connectivity index (χ0) is 11.8. The van der Waals surface area contributed by atoms with Gasteiger partial charge in [-0.3, -0.25) is 0 Å². The van der Waals surface area contributed by atoms with Gasteiger partial charge >= 0.3 is 6.18 Å². The summed E-state index contributed by atoms with van der Waals surface area (Å²) >= 11 is 0. The summed E-state index contributed by atoms with van der Waals surface area (Å²) in [5.41, 5.74) is -0.0972. The molecule has 0 unspecified atom stereocenters. The minimum atomic E-state index is -4.38. The lowest BCUT2D eigenvalue weighted by molar-refractivity contribution is -0.136. The molecule has 0 aliphatic carbocycles. The molecule has 0 bridgehead atoms. The van der Waals surface area contributed by atoms with Crippen molar-refractivity contribution < 1.29 is 13.2 Å². The maximum Gasteiger partial charge on any atom is 0.418 e. The molecule has 2 rings (SSSR count). The van der Waals surface area contributed by atoms with Crippen LogP contribution in [-0.4, -0.2) is 9.97 Å². The Balaban J connectivity index is 2.79. The van der Waals surface area contributed by atoms with Crippen LogP contribution < -0.4 is 0 Å². The quantitative estimate of drug-likeness (QED) is 0.746. The zero-order valence-corrected chi connectivity index (χ0v) is 8.54. The van der Waals surface area contributed by atoms with Gasteiger partial charge in [0.15, 0.2) is 0 Å². The summed E-state index contributed by atoms with van der Waals surface area (Å²) < 4.78 is 38.1. The predicted octanol–water partition coefficient (Wildman–Crippen LogP) is 3.21. The van der Waals surface area contributed by atoms with Gasteiger partial charge in [0.05, 0.1) is 16.8 Å². The fourth-order valence-electron chi connectivity index (χ4n) is 1.65. The van der Waals surface area contributed by atoms with Crippen LogP contribution >= 0.6 is 0 Å². The third-order valence-corrected chi connectivity index (χ3v) is 2.39. The number of alkyl halides is 3. The van der Waals surface area contributed by atoms with Crippen LogP contribution in [0, 0.1) is 0 Å². The maximum atomic E-state index is 12.7. The van der Waals surface area contributed by atoms with E-state index >= 15 is 0 Å². The number of halogens is 3. The lowest BCUT2D eigenvalue weighted by Crippen LogP contribution is -2.07. The van der Waals surface area contributed by atoms with Gasteiger partial charge in [-0.15, -0.1) is 0 Å². The van der Waals surface area contributed by atoms with Gasteiger partial charge in [0.2, 0.25) is 0 Å². The number of rotatable bonds is 1. The van der Waals surface area contributed by atoms with Crippen molar-refractivity contribution >= 4 is 10.9 Å². The number of fused-ring (bicyclic) bond motifs is 1. The van der Waals surface area contributed by atoms with Crippen LogP contribution in [0.25, 0.3) is 10.9 Å². The van der Waals surface area contributed by atoms with Crippen LogP contribution in [0.15, 0.2) is 24.5 Å². The zero-order valence-electron chi connectivity index (χ0n) is 8.54. The lowest BCUT2D eigenvalue weighted by Gasteiger charge is -2.10. The van der Waals surface area contributed by atoms with E-state index in [0.717, 1.165) is 6.07 Å². The number of hydrogen-bond donors (Lipinski definition) is 0. The molecule has 0 N–H and O–H groups in total. The van der Waals surface area contributed by atoms with E-state index in [4.69, 9.17) is 0 Å². The monoisotopic (exact) mass is 226 g/mol. The van der Waals surface area contributed by atoms with Crippen molar-refractivity contribution in [2.24, 2.45) is 0 Å². The second-order valence-electron chi connectivity index (χ2n) is 3.37. The molecule has 0 aliphatic heterocycles. The van der Waals surface area contributed by atoms with E-state index in [0.29, 0.717) is 17.5 Å². The molecule has 0 radical (unpaired) electrons. The second-order valence-corrected chi connectivity index (χ2v) is 3.37. The summed E-state index contributed by atoms with van der Waals surface area (Å²) in [5, 5.41) is 0.472. The Hall–Kier alpha value is -1.65. The third-order valence-electron chi connectivity index (χ3n) is 2.39. The number of benzene rings is 1. The van der Waals surface area contributed by atoms with Gasteiger partial charge in [0.25, 0.3) is 0 Å². The fraction of sp³-hybridized carbons (Fsp3) is 0.273. The van der Waals surface area contributed by atoms with Crippen LogP contribution in [0.4, 0.5) is 13.2 Å². The molecule has 0 aliphatic rings. The van der Waals surface area contributed by atoms with Gasteiger partial charge in [0.1, 0.15) is 6.33 Å². The van der Waals surface area contributed by atoms with Crippen LogP contribution in [0.1, 0.15) is 18.2 Å². The number of para-hydroxylation sites is 1. The Morgan fingerprint density at radius 1 is 1.19 bits per heavy atom. The summed E-state index contributed by atoms with van der Waals surface area (Å²) in [6, 6.07) is 4.03. The Labute approximate surface area is 90.1 Å². The second kappa shape index (κ2) is 3.73. The lowest BCUT2D eigenvalue weighted by atomic mass is 10.1. The summed E-state index contributed by atoms with van der Waals surface area (Å²) in [5.74, 6) is 0. The SMILES string of the molecule is CCc1ncnc2c(C(F)(F)F)cccc12. The van der Waals surface area contributed by atoms with Crippen molar-refractivity contribution in [3.63, 3.8) is 0 Å². The van der Waals surface area contributed by atoms with Gasteiger partial charge < -0.3 is 0 Å². The summed E-state index contributed by atoms with van der Waals surface area (Å²) in [6.45, 7) is 1.85. The molecular formula is C11H9F3N2.